The summed E-state index contributed by atoms with van der Waals surface area (Å²) >= 11 is 2.24. The predicted octanol–water partition coefficient (Wildman–Crippen LogP) is 1.86. The molecular weight excluding hydrogens is 331 g/mol. The average Bonchev–Trinajstić information content (AvgIpc) is 2.32. The molecule has 0 atom stereocenters. The Morgan fingerprint density at radius 3 is 3.00 bits per heavy atom. The summed E-state index contributed by atoms with van der Waals surface area (Å²) in [7, 11) is 1.65. The molecule has 1 aromatic carbocycles. The second kappa shape index (κ2) is 8.30. The number of nitrogens with one attached hydrogen (secondary N) is 2. The van der Waals surface area contributed by atoms with E-state index in [1.807, 2.05) is 24.3 Å². The third-order valence-corrected chi connectivity index (χ3v) is 2.80. The largest absolute Gasteiger partial charge is 0.385 e. The van der Waals surface area contributed by atoms with Gasteiger partial charge in [-0.1, -0.05) is 6.07 Å². The number of benzene rings is 1. The highest BCUT2D eigenvalue weighted by molar-refractivity contribution is 14.1. The molecule has 94 valence electrons. The number of methoxy groups -OCH3 is 1. The van der Waals surface area contributed by atoms with Gasteiger partial charge in [-0.2, -0.15) is 0 Å². The number of carbonyl (C=O) groups excluding carboxylic acids is 1. The topological polar surface area (TPSA) is 50.4 Å². The lowest BCUT2D eigenvalue weighted by molar-refractivity contribution is -0.119. The van der Waals surface area contributed by atoms with Gasteiger partial charge in [-0.15, -0.1) is 0 Å². The lowest BCUT2D eigenvalue weighted by atomic mass is 10.3. The van der Waals surface area contributed by atoms with Crippen LogP contribution in [0, 0.1) is 3.57 Å². The zero-order valence-corrected chi connectivity index (χ0v) is 12.0. The summed E-state index contributed by atoms with van der Waals surface area (Å²) in [5.74, 6) is -0.0000331. The van der Waals surface area contributed by atoms with E-state index in [9.17, 15) is 4.79 Å². The first kappa shape index (κ1) is 14.2. The van der Waals surface area contributed by atoms with Gasteiger partial charge >= 0.3 is 0 Å². The second-order valence-corrected chi connectivity index (χ2v) is 4.81. The van der Waals surface area contributed by atoms with Gasteiger partial charge in [-0.25, -0.2) is 0 Å². The Morgan fingerprint density at radius 1 is 1.47 bits per heavy atom. The fraction of sp³-hybridized carbons (Fsp3) is 0.417. The first-order valence-electron chi connectivity index (χ1n) is 5.47. The molecule has 0 spiro atoms. The summed E-state index contributed by atoms with van der Waals surface area (Å²) in [6.07, 6.45) is 0.839. The summed E-state index contributed by atoms with van der Waals surface area (Å²) in [6, 6.07) is 7.91. The monoisotopic (exact) mass is 348 g/mol. The Bertz CT molecular complexity index is 358. The lowest BCUT2D eigenvalue weighted by Crippen LogP contribution is -2.31. The molecule has 0 saturated carbocycles. The van der Waals surface area contributed by atoms with Crippen LogP contribution in [0.4, 0.5) is 5.69 Å². The maximum atomic E-state index is 11.4. The van der Waals surface area contributed by atoms with Crippen molar-refractivity contribution in [2.45, 2.75) is 6.42 Å². The Labute approximate surface area is 115 Å². The molecule has 0 aromatic heterocycles. The van der Waals surface area contributed by atoms with E-state index in [1.165, 1.54) is 0 Å². The molecule has 4 nitrogen and oxygen atoms in total. The maximum Gasteiger partial charge on any atom is 0.239 e. The summed E-state index contributed by atoms with van der Waals surface area (Å²) in [4.78, 5) is 11.4. The third kappa shape index (κ3) is 6.48. The number of hydrogen-bond acceptors (Lipinski definition) is 3. The molecule has 1 rings (SSSR count). The van der Waals surface area contributed by atoms with Crippen LogP contribution in [0.2, 0.25) is 0 Å². The van der Waals surface area contributed by atoms with Gasteiger partial charge in [0.25, 0.3) is 0 Å². The van der Waals surface area contributed by atoms with Crippen molar-refractivity contribution in [3.8, 4) is 0 Å². The quantitative estimate of drug-likeness (QED) is 0.584. The van der Waals surface area contributed by atoms with E-state index in [4.69, 9.17) is 4.74 Å². The number of halogens is 1. The first-order valence-corrected chi connectivity index (χ1v) is 6.55. The fourth-order valence-electron chi connectivity index (χ4n) is 1.29. The maximum absolute atomic E-state index is 11.4. The number of rotatable bonds is 7. The number of hydrogen-bond donors (Lipinski definition) is 2. The zero-order chi connectivity index (χ0) is 12.5. The van der Waals surface area contributed by atoms with Crippen molar-refractivity contribution >= 4 is 34.2 Å². The van der Waals surface area contributed by atoms with Gasteiger partial charge in [0.15, 0.2) is 0 Å². The SMILES string of the molecule is COCCCNC(=O)CNc1cccc(I)c1. The van der Waals surface area contributed by atoms with Gasteiger partial charge in [0.2, 0.25) is 5.91 Å². The van der Waals surface area contributed by atoms with Gasteiger partial charge in [-0.05, 0) is 47.2 Å². The van der Waals surface area contributed by atoms with E-state index in [0.717, 1.165) is 15.7 Å². The first-order chi connectivity index (χ1) is 8.22. The van der Waals surface area contributed by atoms with Crippen molar-refractivity contribution in [2.75, 3.05) is 32.1 Å². The van der Waals surface area contributed by atoms with Crippen LogP contribution in [0.3, 0.4) is 0 Å². The van der Waals surface area contributed by atoms with Crippen LogP contribution >= 0.6 is 22.6 Å². The molecule has 0 radical (unpaired) electrons. The lowest BCUT2D eigenvalue weighted by Gasteiger charge is -2.07. The van der Waals surface area contributed by atoms with Gasteiger partial charge in [0, 0.05) is 29.5 Å². The minimum absolute atomic E-state index is 0.0000331. The van der Waals surface area contributed by atoms with Crippen molar-refractivity contribution in [1.82, 2.24) is 5.32 Å². The van der Waals surface area contributed by atoms with Gasteiger partial charge in [0.05, 0.1) is 6.54 Å². The molecule has 0 aliphatic carbocycles. The highest BCUT2D eigenvalue weighted by Gasteiger charge is 2.00. The summed E-state index contributed by atoms with van der Waals surface area (Å²) in [5, 5.41) is 5.90. The van der Waals surface area contributed by atoms with E-state index in [-0.39, 0.29) is 5.91 Å². The van der Waals surface area contributed by atoms with E-state index in [2.05, 4.69) is 33.2 Å². The number of amides is 1. The molecule has 0 unspecified atom stereocenters. The average molecular weight is 348 g/mol. The van der Waals surface area contributed by atoms with E-state index >= 15 is 0 Å². The van der Waals surface area contributed by atoms with Crippen molar-refractivity contribution in [3.05, 3.63) is 27.8 Å². The number of carbonyl (C=O) groups is 1. The molecular formula is C12H17IN2O2. The zero-order valence-electron chi connectivity index (χ0n) is 9.83. The van der Waals surface area contributed by atoms with Gasteiger partial charge in [0.1, 0.15) is 0 Å². The minimum Gasteiger partial charge on any atom is -0.385 e. The smallest absolute Gasteiger partial charge is 0.239 e. The molecule has 0 saturated heterocycles. The Kier molecular flexibility index (Phi) is 6.95. The Morgan fingerprint density at radius 2 is 2.29 bits per heavy atom. The van der Waals surface area contributed by atoms with Gasteiger partial charge in [-0.3, -0.25) is 4.79 Å². The Balaban J connectivity index is 2.19. The molecule has 17 heavy (non-hydrogen) atoms. The van der Waals surface area contributed by atoms with Crippen molar-refractivity contribution in [3.63, 3.8) is 0 Å². The molecule has 0 bridgehead atoms. The summed E-state index contributed by atoms with van der Waals surface area (Å²) < 4.78 is 6.04. The van der Waals surface area contributed by atoms with Crippen LogP contribution < -0.4 is 10.6 Å². The molecule has 0 heterocycles. The summed E-state index contributed by atoms with van der Waals surface area (Å²) in [5.41, 5.74) is 0.962. The molecule has 1 amide bonds. The number of ether oxygens (including phenoxy) is 1. The fourth-order valence-corrected chi connectivity index (χ4v) is 1.83. The molecule has 0 aliphatic rings. The van der Waals surface area contributed by atoms with Crippen LogP contribution in [-0.4, -0.2) is 32.7 Å². The van der Waals surface area contributed by atoms with E-state index in [0.29, 0.717) is 19.7 Å². The van der Waals surface area contributed by atoms with Gasteiger partial charge < -0.3 is 15.4 Å². The predicted molar refractivity (Wildman–Crippen MR) is 77.2 cm³/mol. The molecule has 0 aliphatic heterocycles. The van der Waals surface area contributed by atoms with Crippen LogP contribution in [-0.2, 0) is 9.53 Å². The number of anilines is 1. The third-order valence-electron chi connectivity index (χ3n) is 2.13. The van der Waals surface area contributed by atoms with Crippen LogP contribution in [0.25, 0.3) is 0 Å². The highest BCUT2D eigenvalue weighted by Crippen LogP contribution is 2.11. The molecule has 5 heteroatoms. The molecule has 2 N–H and O–H groups in total. The standard InChI is InChI=1S/C12H17IN2O2/c1-17-7-3-6-14-12(16)9-15-11-5-2-4-10(13)8-11/h2,4-5,8,15H,3,6-7,9H2,1H3,(H,14,16). The van der Waals surface area contributed by atoms with E-state index < -0.39 is 0 Å². The van der Waals surface area contributed by atoms with Crippen LogP contribution in [0.5, 0.6) is 0 Å². The molecule has 1 aromatic rings. The summed E-state index contributed by atoms with van der Waals surface area (Å²) in [6.45, 7) is 1.62. The van der Waals surface area contributed by atoms with Crippen molar-refractivity contribution < 1.29 is 9.53 Å². The van der Waals surface area contributed by atoms with E-state index in [1.54, 1.807) is 7.11 Å². The van der Waals surface area contributed by atoms with Crippen molar-refractivity contribution in [1.29, 1.82) is 0 Å². The van der Waals surface area contributed by atoms with Crippen molar-refractivity contribution in [2.24, 2.45) is 0 Å². The van der Waals surface area contributed by atoms with Crippen LogP contribution in [0.15, 0.2) is 24.3 Å². The highest BCUT2D eigenvalue weighted by atomic mass is 127. The Hall–Kier alpha value is -0.820. The normalized spacial score (nSPS) is 10.0. The van der Waals surface area contributed by atoms with Crippen LogP contribution in [0.1, 0.15) is 6.42 Å². The minimum atomic E-state index is -0.0000331. The molecule has 0 fully saturated rings. The second-order valence-electron chi connectivity index (χ2n) is 3.56.